The Labute approximate surface area is 108 Å². The summed E-state index contributed by atoms with van der Waals surface area (Å²) in [5.41, 5.74) is 5.14. The highest BCUT2D eigenvalue weighted by atomic mass is 19.1. The van der Waals surface area contributed by atoms with Gasteiger partial charge in [-0.05, 0) is 19.1 Å². The number of carboxylic acid groups (broad SMARTS) is 1. The van der Waals surface area contributed by atoms with E-state index in [1.165, 1.54) is 17.1 Å². The van der Waals surface area contributed by atoms with Gasteiger partial charge >= 0.3 is 5.97 Å². The van der Waals surface area contributed by atoms with E-state index in [-0.39, 0.29) is 16.9 Å². The van der Waals surface area contributed by atoms with Crippen molar-refractivity contribution < 1.29 is 19.0 Å². The van der Waals surface area contributed by atoms with Crippen LogP contribution in [0.3, 0.4) is 0 Å². The molecule has 3 N–H and O–H groups in total. The van der Waals surface area contributed by atoms with Crippen molar-refractivity contribution in [3.05, 3.63) is 35.9 Å². The number of anilines is 1. The molecular formula is C12H12FN3O3. The van der Waals surface area contributed by atoms with Crippen LogP contribution in [-0.2, 0) is 0 Å². The quantitative estimate of drug-likeness (QED) is 0.821. The molecule has 6 nitrogen and oxygen atoms in total. The van der Waals surface area contributed by atoms with Gasteiger partial charge < -0.3 is 15.6 Å². The van der Waals surface area contributed by atoms with Crippen LogP contribution in [0.1, 0.15) is 17.3 Å². The zero-order valence-electron chi connectivity index (χ0n) is 10.1. The van der Waals surface area contributed by atoms with Crippen LogP contribution < -0.4 is 10.5 Å². The summed E-state index contributed by atoms with van der Waals surface area (Å²) in [4.78, 5) is 11.0. The first-order valence-corrected chi connectivity index (χ1v) is 5.53. The highest BCUT2D eigenvalue weighted by Crippen LogP contribution is 2.22. The lowest BCUT2D eigenvalue weighted by atomic mass is 10.1. The highest BCUT2D eigenvalue weighted by Gasteiger charge is 2.15. The molecule has 0 amide bonds. The van der Waals surface area contributed by atoms with Crippen molar-refractivity contribution in [2.45, 2.75) is 6.92 Å². The number of aromatic carboxylic acids is 1. The predicted octanol–water partition coefficient (Wildman–Crippen LogP) is 1.69. The number of hydrogen-bond acceptors (Lipinski definition) is 4. The van der Waals surface area contributed by atoms with Crippen LogP contribution in [0.4, 0.5) is 10.1 Å². The second kappa shape index (κ2) is 4.97. The van der Waals surface area contributed by atoms with Crippen LogP contribution in [0.2, 0.25) is 0 Å². The zero-order chi connectivity index (χ0) is 14.0. The molecule has 2 aromatic rings. The number of carboxylic acids is 1. The molecule has 100 valence electrons. The smallest absolute Gasteiger partial charge is 0.337 e. The summed E-state index contributed by atoms with van der Waals surface area (Å²) < 4.78 is 20.2. The number of aromatic nitrogens is 2. The molecule has 0 fully saturated rings. The standard InChI is InChI=1S/C12H12FN3O3/c1-2-19-7-5-15-16(6-7)11-3-8(12(17)18)10(14)4-9(11)13/h3-6H,2,14H2,1H3,(H,17,18). The summed E-state index contributed by atoms with van der Waals surface area (Å²) in [6, 6.07) is 2.09. The molecule has 0 bridgehead atoms. The first-order valence-electron chi connectivity index (χ1n) is 5.53. The molecule has 0 aliphatic heterocycles. The van der Waals surface area contributed by atoms with Crippen LogP contribution in [0, 0.1) is 5.82 Å². The Morgan fingerprint density at radius 3 is 2.95 bits per heavy atom. The maximum absolute atomic E-state index is 13.8. The highest BCUT2D eigenvalue weighted by molar-refractivity contribution is 5.94. The fourth-order valence-corrected chi connectivity index (χ4v) is 1.62. The van der Waals surface area contributed by atoms with Crippen LogP contribution in [0.5, 0.6) is 5.75 Å². The lowest BCUT2D eigenvalue weighted by molar-refractivity contribution is 0.0698. The first kappa shape index (κ1) is 12.9. The molecule has 0 saturated heterocycles. The van der Waals surface area contributed by atoms with Gasteiger partial charge in [0.1, 0.15) is 5.69 Å². The van der Waals surface area contributed by atoms with E-state index >= 15 is 0 Å². The fourth-order valence-electron chi connectivity index (χ4n) is 1.62. The van der Waals surface area contributed by atoms with Crippen molar-refractivity contribution in [2.24, 2.45) is 0 Å². The number of nitrogen functional groups attached to an aromatic ring is 1. The summed E-state index contributed by atoms with van der Waals surface area (Å²) in [7, 11) is 0. The number of nitrogens with two attached hydrogens (primary N) is 1. The molecule has 19 heavy (non-hydrogen) atoms. The molecule has 0 radical (unpaired) electrons. The third-order valence-electron chi connectivity index (χ3n) is 2.47. The van der Waals surface area contributed by atoms with Gasteiger partial charge in [0.05, 0.1) is 24.6 Å². The molecule has 0 aliphatic carbocycles. The normalized spacial score (nSPS) is 10.4. The molecule has 2 rings (SSSR count). The molecule has 0 aliphatic rings. The van der Waals surface area contributed by atoms with Crippen LogP contribution in [0.25, 0.3) is 5.69 Å². The van der Waals surface area contributed by atoms with Gasteiger partial charge in [-0.15, -0.1) is 0 Å². The van der Waals surface area contributed by atoms with Gasteiger partial charge in [0.15, 0.2) is 11.6 Å². The van der Waals surface area contributed by atoms with E-state index in [2.05, 4.69) is 5.10 Å². The Balaban J connectivity index is 2.48. The third-order valence-corrected chi connectivity index (χ3v) is 2.47. The molecule has 0 saturated carbocycles. The average Bonchev–Trinajstić information content (AvgIpc) is 2.77. The van der Waals surface area contributed by atoms with E-state index in [0.29, 0.717) is 12.4 Å². The number of ether oxygens (including phenoxy) is 1. The van der Waals surface area contributed by atoms with E-state index in [9.17, 15) is 9.18 Å². The van der Waals surface area contributed by atoms with E-state index in [1.54, 1.807) is 0 Å². The maximum atomic E-state index is 13.8. The lowest BCUT2D eigenvalue weighted by Gasteiger charge is -2.07. The minimum Gasteiger partial charge on any atom is -0.491 e. The number of nitrogens with zero attached hydrogens (tertiary/aromatic N) is 2. The molecule has 1 aromatic carbocycles. The van der Waals surface area contributed by atoms with Gasteiger partial charge in [0.2, 0.25) is 0 Å². The Hall–Kier alpha value is -2.57. The molecule has 0 spiro atoms. The largest absolute Gasteiger partial charge is 0.491 e. The minimum atomic E-state index is -1.23. The SMILES string of the molecule is CCOc1cnn(-c2cc(C(=O)O)c(N)cc2F)c1. The van der Waals surface area contributed by atoms with E-state index in [4.69, 9.17) is 15.6 Å². The third kappa shape index (κ3) is 2.49. The first-order chi connectivity index (χ1) is 9.02. The zero-order valence-corrected chi connectivity index (χ0v) is 10.1. The number of benzene rings is 1. The summed E-state index contributed by atoms with van der Waals surface area (Å²) in [5.74, 6) is -1.42. The van der Waals surface area contributed by atoms with Gasteiger partial charge in [-0.3, -0.25) is 0 Å². The van der Waals surface area contributed by atoms with Crippen molar-refractivity contribution >= 4 is 11.7 Å². The van der Waals surface area contributed by atoms with E-state index in [0.717, 1.165) is 12.1 Å². The molecular weight excluding hydrogens is 253 g/mol. The second-order valence-corrected chi connectivity index (χ2v) is 3.75. The monoisotopic (exact) mass is 265 g/mol. The summed E-state index contributed by atoms with van der Waals surface area (Å²) in [6.07, 6.45) is 2.88. The van der Waals surface area contributed by atoms with Crippen LogP contribution >= 0.6 is 0 Å². The molecule has 1 heterocycles. The van der Waals surface area contributed by atoms with Crippen LogP contribution in [-0.4, -0.2) is 27.5 Å². The van der Waals surface area contributed by atoms with Crippen molar-refractivity contribution in [2.75, 3.05) is 12.3 Å². The Morgan fingerprint density at radius 1 is 1.58 bits per heavy atom. The molecule has 0 unspecified atom stereocenters. The molecule has 1 aromatic heterocycles. The second-order valence-electron chi connectivity index (χ2n) is 3.75. The molecule has 0 atom stereocenters. The Kier molecular flexibility index (Phi) is 3.37. The van der Waals surface area contributed by atoms with Gasteiger partial charge in [-0.1, -0.05) is 0 Å². The number of rotatable bonds is 4. The van der Waals surface area contributed by atoms with Gasteiger partial charge in [-0.25, -0.2) is 13.9 Å². The average molecular weight is 265 g/mol. The lowest BCUT2D eigenvalue weighted by Crippen LogP contribution is -2.07. The number of carbonyl (C=O) groups is 1. The van der Waals surface area contributed by atoms with Crippen molar-refractivity contribution in [3.8, 4) is 11.4 Å². The van der Waals surface area contributed by atoms with Crippen molar-refractivity contribution in [3.63, 3.8) is 0 Å². The molecule has 7 heteroatoms. The Bertz CT molecular complexity index is 625. The van der Waals surface area contributed by atoms with Crippen molar-refractivity contribution in [1.29, 1.82) is 0 Å². The summed E-state index contributed by atoms with van der Waals surface area (Å²) in [6.45, 7) is 2.26. The predicted molar refractivity (Wildman–Crippen MR) is 66.1 cm³/mol. The van der Waals surface area contributed by atoms with Crippen molar-refractivity contribution in [1.82, 2.24) is 9.78 Å². The summed E-state index contributed by atoms with van der Waals surface area (Å²) in [5, 5.41) is 12.9. The topological polar surface area (TPSA) is 90.4 Å². The van der Waals surface area contributed by atoms with Gasteiger partial charge in [-0.2, -0.15) is 5.10 Å². The van der Waals surface area contributed by atoms with Gasteiger partial charge in [0, 0.05) is 5.69 Å². The van der Waals surface area contributed by atoms with Crippen LogP contribution in [0.15, 0.2) is 24.5 Å². The van der Waals surface area contributed by atoms with Gasteiger partial charge in [0.25, 0.3) is 0 Å². The minimum absolute atomic E-state index is 0.00227. The maximum Gasteiger partial charge on any atom is 0.337 e. The Morgan fingerprint density at radius 2 is 2.32 bits per heavy atom. The fraction of sp³-hybridized carbons (Fsp3) is 0.167. The van der Waals surface area contributed by atoms with E-state index in [1.807, 2.05) is 6.92 Å². The van der Waals surface area contributed by atoms with E-state index < -0.39 is 11.8 Å². The number of hydrogen-bond donors (Lipinski definition) is 2. The summed E-state index contributed by atoms with van der Waals surface area (Å²) >= 11 is 0. The number of halogens is 1.